The zero-order valence-corrected chi connectivity index (χ0v) is 7.51. The first kappa shape index (κ1) is 11.4. The number of carbonyl (C=O) groups is 1. The average Bonchev–Trinajstić information content (AvgIpc) is 2.14. The number of halogens is 3. The lowest BCUT2D eigenvalue weighted by Gasteiger charge is -2.11. The molecule has 0 atom stereocenters. The van der Waals surface area contributed by atoms with Crippen molar-refractivity contribution in [2.45, 2.75) is 6.18 Å². The second-order valence-corrected chi connectivity index (χ2v) is 2.82. The molecular formula is C9H8F3NO2. The van der Waals surface area contributed by atoms with Gasteiger partial charge in [-0.25, -0.2) is 4.79 Å². The molecule has 0 saturated carbocycles. The van der Waals surface area contributed by atoms with Crippen LogP contribution in [0.4, 0.5) is 18.9 Å². The largest absolute Gasteiger partial charge is 0.478 e. The molecule has 1 aromatic rings. The van der Waals surface area contributed by atoms with Gasteiger partial charge in [-0.3, -0.25) is 0 Å². The first-order valence-electron chi connectivity index (χ1n) is 4.03. The van der Waals surface area contributed by atoms with Crippen molar-refractivity contribution in [3.05, 3.63) is 29.8 Å². The second-order valence-electron chi connectivity index (χ2n) is 2.82. The van der Waals surface area contributed by atoms with Crippen molar-refractivity contribution in [1.29, 1.82) is 0 Å². The number of para-hydroxylation sites is 1. The zero-order valence-electron chi connectivity index (χ0n) is 7.51. The standard InChI is InChI=1S/C9H8F3NO2/c10-9(11,12)5-13-7-4-2-1-3-6(7)8(14)15/h1-4,13H,5H2,(H,14,15). The van der Waals surface area contributed by atoms with Gasteiger partial charge in [-0.05, 0) is 12.1 Å². The van der Waals surface area contributed by atoms with Crippen LogP contribution in [0.2, 0.25) is 0 Å². The van der Waals surface area contributed by atoms with E-state index in [1.807, 2.05) is 5.32 Å². The van der Waals surface area contributed by atoms with Crippen LogP contribution in [0.25, 0.3) is 0 Å². The van der Waals surface area contributed by atoms with Gasteiger partial charge in [-0.2, -0.15) is 13.2 Å². The lowest BCUT2D eigenvalue weighted by Crippen LogP contribution is -2.22. The summed E-state index contributed by atoms with van der Waals surface area (Å²) in [5.74, 6) is -1.26. The normalized spacial score (nSPS) is 11.1. The van der Waals surface area contributed by atoms with E-state index < -0.39 is 18.7 Å². The number of hydrogen-bond acceptors (Lipinski definition) is 2. The molecule has 0 aliphatic carbocycles. The minimum Gasteiger partial charge on any atom is -0.478 e. The van der Waals surface area contributed by atoms with Gasteiger partial charge in [0.15, 0.2) is 0 Å². The van der Waals surface area contributed by atoms with Crippen molar-refractivity contribution >= 4 is 11.7 Å². The summed E-state index contributed by atoms with van der Waals surface area (Å²) in [7, 11) is 0. The molecule has 0 bridgehead atoms. The maximum atomic E-state index is 11.9. The van der Waals surface area contributed by atoms with Crippen LogP contribution in [0, 0.1) is 0 Å². The van der Waals surface area contributed by atoms with Gasteiger partial charge < -0.3 is 10.4 Å². The van der Waals surface area contributed by atoms with Gasteiger partial charge in [0, 0.05) is 5.69 Å². The summed E-state index contributed by atoms with van der Waals surface area (Å²) >= 11 is 0. The molecular weight excluding hydrogens is 211 g/mol. The topological polar surface area (TPSA) is 49.3 Å². The fourth-order valence-electron chi connectivity index (χ4n) is 1.02. The highest BCUT2D eigenvalue weighted by molar-refractivity contribution is 5.94. The molecule has 0 radical (unpaired) electrons. The molecule has 0 fully saturated rings. The predicted octanol–water partition coefficient (Wildman–Crippen LogP) is 2.36. The number of benzene rings is 1. The summed E-state index contributed by atoms with van der Waals surface area (Å²) in [4.78, 5) is 10.6. The highest BCUT2D eigenvalue weighted by atomic mass is 19.4. The number of alkyl halides is 3. The number of carboxylic acids is 1. The Morgan fingerprint density at radius 3 is 2.47 bits per heavy atom. The molecule has 3 nitrogen and oxygen atoms in total. The molecule has 0 spiro atoms. The molecule has 0 amide bonds. The lowest BCUT2D eigenvalue weighted by molar-refractivity contribution is -0.115. The Morgan fingerprint density at radius 2 is 1.93 bits per heavy atom. The Bertz CT molecular complexity index is 363. The molecule has 0 aromatic heterocycles. The molecule has 0 aliphatic rings. The number of hydrogen-bond donors (Lipinski definition) is 2. The fourth-order valence-corrected chi connectivity index (χ4v) is 1.02. The quantitative estimate of drug-likeness (QED) is 0.820. The molecule has 0 aliphatic heterocycles. The molecule has 0 saturated heterocycles. The van der Waals surface area contributed by atoms with Gasteiger partial charge in [0.25, 0.3) is 0 Å². The molecule has 82 valence electrons. The van der Waals surface area contributed by atoms with E-state index >= 15 is 0 Å². The van der Waals surface area contributed by atoms with E-state index in [1.54, 1.807) is 0 Å². The minimum atomic E-state index is -4.37. The van der Waals surface area contributed by atoms with Crippen LogP contribution in [0.1, 0.15) is 10.4 Å². The maximum Gasteiger partial charge on any atom is 0.405 e. The zero-order chi connectivity index (χ0) is 11.5. The van der Waals surface area contributed by atoms with Crippen LogP contribution in [-0.2, 0) is 0 Å². The van der Waals surface area contributed by atoms with Crippen molar-refractivity contribution in [3.8, 4) is 0 Å². The summed E-state index contributed by atoms with van der Waals surface area (Å²) in [5, 5.41) is 10.7. The van der Waals surface area contributed by atoms with Gasteiger partial charge in [-0.1, -0.05) is 12.1 Å². The molecule has 0 heterocycles. The maximum absolute atomic E-state index is 11.9. The Balaban J connectivity index is 2.81. The summed E-state index contributed by atoms with van der Waals surface area (Å²) in [5.41, 5.74) is -0.218. The van der Waals surface area contributed by atoms with Crippen molar-refractivity contribution in [3.63, 3.8) is 0 Å². The highest BCUT2D eigenvalue weighted by Crippen LogP contribution is 2.19. The number of anilines is 1. The van der Waals surface area contributed by atoms with E-state index in [4.69, 9.17) is 5.11 Å². The Hall–Kier alpha value is -1.72. The van der Waals surface area contributed by atoms with Crippen molar-refractivity contribution in [2.75, 3.05) is 11.9 Å². The van der Waals surface area contributed by atoms with Crippen molar-refractivity contribution < 1.29 is 23.1 Å². The van der Waals surface area contributed by atoms with E-state index in [-0.39, 0.29) is 11.3 Å². The number of aromatic carboxylic acids is 1. The molecule has 1 aromatic carbocycles. The van der Waals surface area contributed by atoms with Gasteiger partial charge in [-0.15, -0.1) is 0 Å². The van der Waals surface area contributed by atoms with Crippen LogP contribution in [-0.4, -0.2) is 23.8 Å². The summed E-state index contributed by atoms with van der Waals surface area (Å²) in [6, 6.07) is 5.43. The summed E-state index contributed by atoms with van der Waals surface area (Å²) in [6.07, 6.45) is -4.37. The third-order valence-corrected chi connectivity index (χ3v) is 1.64. The van der Waals surface area contributed by atoms with Crippen LogP contribution in [0.5, 0.6) is 0 Å². The van der Waals surface area contributed by atoms with E-state index in [1.165, 1.54) is 24.3 Å². The molecule has 6 heteroatoms. The smallest absolute Gasteiger partial charge is 0.405 e. The van der Waals surface area contributed by atoms with E-state index in [2.05, 4.69) is 0 Å². The van der Waals surface area contributed by atoms with Crippen LogP contribution < -0.4 is 5.32 Å². The predicted molar refractivity (Wildman–Crippen MR) is 47.9 cm³/mol. The fraction of sp³-hybridized carbons (Fsp3) is 0.222. The summed E-state index contributed by atoms with van der Waals surface area (Å²) < 4.78 is 35.6. The average molecular weight is 219 g/mol. The van der Waals surface area contributed by atoms with Gasteiger partial charge in [0.05, 0.1) is 5.56 Å². The Morgan fingerprint density at radius 1 is 1.33 bits per heavy atom. The number of rotatable bonds is 3. The van der Waals surface area contributed by atoms with Crippen LogP contribution in [0.15, 0.2) is 24.3 Å². The van der Waals surface area contributed by atoms with Crippen molar-refractivity contribution in [2.24, 2.45) is 0 Å². The lowest BCUT2D eigenvalue weighted by atomic mass is 10.2. The van der Waals surface area contributed by atoms with Crippen LogP contribution in [0.3, 0.4) is 0 Å². The Labute approximate surface area is 83.5 Å². The van der Waals surface area contributed by atoms with Crippen LogP contribution >= 0.6 is 0 Å². The number of nitrogens with one attached hydrogen (secondary N) is 1. The van der Waals surface area contributed by atoms with E-state index in [0.29, 0.717) is 0 Å². The van der Waals surface area contributed by atoms with E-state index in [0.717, 1.165) is 0 Å². The van der Waals surface area contributed by atoms with Gasteiger partial charge >= 0.3 is 12.1 Å². The van der Waals surface area contributed by atoms with Gasteiger partial charge in [0.1, 0.15) is 6.54 Å². The third kappa shape index (κ3) is 3.49. The van der Waals surface area contributed by atoms with E-state index in [9.17, 15) is 18.0 Å². The molecule has 0 unspecified atom stereocenters. The molecule has 1 rings (SSSR count). The highest BCUT2D eigenvalue weighted by Gasteiger charge is 2.27. The Kier molecular flexibility index (Phi) is 3.18. The molecule has 15 heavy (non-hydrogen) atoms. The first-order valence-corrected chi connectivity index (χ1v) is 4.03. The SMILES string of the molecule is O=C(O)c1ccccc1NCC(F)(F)F. The van der Waals surface area contributed by atoms with Crippen molar-refractivity contribution in [1.82, 2.24) is 0 Å². The minimum absolute atomic E-state index is 0.0395. The second kappa shape index (κ2) is 4.20. The number of carboxylic acid groups (broad SMARTS) is 1. The first-order chi connectivity index (χ1) is 6.90. The molecule has 2 N–H and O–H groups in total. The van der Waals surface area contributed by atoms with Gasteiger partial charge in [0.2, 0.25) is 0 Å². The monoisotopic (exact) mass is 219 g/mol. The third-order valence-electron chi connectivity index (χ3n) is 1.64. The summed E-state index contributed by atoms with van der Waals surface area (Å²) in [6.45, 7) is -1.25.